The first kappa shape index (κ1) is 17.5. The van der Waals surface area contributed by atoms with Crippen molar-refractivity contribution in [2.45, 2.75) is 13.8 Å². The molecule has 0 spiro atoms. The first-order valence-corrected chi connectivity index (χ1v) is 10.2. The highest BCUT2D eigenvalue weighted by Crippen LogP contribution is 2.28. The summed E-state index contributed by atoms with van der Waals surface area (Å²) >= 11 is 0. The van der Waals surface area contributed by atoms with Gasteiger partial charge >= 0.3 is 0 Å². The molecule has 2 N–H and O–H groups in total. The van der Waals surface area contributed by atoms with E-state index in [4.69, 9.17) is 9.97 Å². The summed E-state index contributed by atoms with van der Waals surface area (Å²) in [6.07, 6.45) is 0. The van der Waals surface area contributed by atoms with Gasteiger partial charge in [-0.05, 0) is 26.0 Å². The number of likely N-dealkylation sites (N-methyl/N-ethyl adjacent to an activating group) is 2. The molecule has 2 saturated heterocycles. The molecule has 0 bridgehead atoms. The number of hydrogen-bond donors (Lipinski definition) is 2. The van der Waals surface area contributed by atoms with E-state index in [-0.39, 0.29) is 0 Å². The van der Waals surface area contributed by atoms with Gasteiger partial charge in [-0.1, -0.05) is 12.1 Å². The maximum Gasteiger partial charge on any atom is 0.173 e. The fourth-order valence-corrected chi connectivity index (χ4v) is 4.18. The molecule has 26 heavy (non-hydrogen) atoms. The Morgan fingerprint density at radius 1 is 0.731 bits per heavy atom. The first-order valence-electron chi connectivity index (χ1n) is 10.2. The topological polar surface area (TPSA) is 41.1 Å². The largest absolute Gasteiger partial charge is 0.342 e. The molecule has 1 aromatic carbocycles. The quantitative estimate of drug-likeness (QED) is 0.744. The van der Waals surface area contributed by atoms with Crippen LogP contribution in [0.1, 0.15) is 13.8 Å². The summed E-state index contributed by atoms with van der Waals surface area (Å²) in [4.78, 5) is 18.5. The zero-order valence-corrected chi connectivity index (χ0v) is 16.2. The number of para-hydroxylation sites is 2. The van der Waals surface area contributed by atoms with Gasteiger partial charge in [-0.3, -0.25) is 0 Å². The molecule has 0 atom stereocenters. The van der Waals surface area contributed by atoms with E-state index in [0.717, 1.165) is 48.8 Å². The van der Waals surface area contributed by atoms with Crippen LogP contribution in [-0.4, -0.2) is 75.4 Å². The summed E-state index contributed by atoms with van der Waals surface area (Å²) < 4.78 is 0. The minimum atomic E-state index is 1.01. The smallest absolute Gasteiger partial charge is 0.173 e. The van der Waals surface area contributed by atoms with Crippen molar-refractivity contribution in [1.82, 2.24) is 9.97 Å². The van der Waals surface area contributed by atoms with Crippen LogP contribution in [0, 0.1) is 0 Å². The average Bonchev–Trinajstić information content (AvgIpc) is 2.73. The summed E-state index contributed by atoms with van der Waals surface area (Å²) in [5.74, 6) is 2.19. The van der Waals surface area contributed by atoms with E-state index in [0.29, 0.717) is 0 Å². The highest BCUT2D eigenvalue weighted by Gasteiger charge is 2.28. The van der Waals surface area contributed by atoms with Gasteiger partial charge in [0.05, 0.1) is 76.5 Å². The van der Waals surface area contributed by atoms with E-state index < -0.39 is 0 Å². The van der Waals surface area contributed by atoms with Crippen LogP contribution >= 0.6 is 0 Å². The summed E-state index contributed by atoms with van der Waals surface area (Å²) in [5.41, 5.74) is 2.02. The van der Waals surface area contributed by atoms with Crippen LogP contribution < -0.4 is 19.6 Å². The van der Waals surface area contributed by atoms with Crippen molar-refractivity contribution in [2.75, 3.05) is 75.2 Å². The van der Waals surface area contributed by atoms with Crippen LogP contribution in [-0.2, 0) is 0 Å². The maximum atomic E-state index is 5.07. The van der Waals surface area contributed by atoms with E-state index in [1.165, 1.54) is 39.3 Å². The van der Waals surface area contributed by atoms with Gasteiger partial charge in [0.25, 0.3) is 0 Å². The SMILES string of the molecule is CC[NH+]1CCN(c2nc3ccccc3nc2N2CC[NH+](CC)CC2)CC1. The van der Waals surface area contributed by atoms with Crippen molar-refractivity contribution in [3.63, 3.8) is 0 Å². The Morgan fingerprint density at radius 2 is 1.12 bits per heavy atom. The molecule has 140 valence electrons. The molecule has 2 aliphatic heterocycles. The zero-order chi connectivity index (χ0) is 17.9. The molecule has 2 fully saturated rings. The number of rotatable bonds is 4. The Kier molecular flexibility index (Phi) is 5.22. The van der Waals surface area contributed by atoms with Crippen molar-refractivity contribution in [1.29, 1.82) is 0 Å². The lowest BCUT2D eigenvalue weighted by Crippen LogP contribution is -3.14. The second-order valence-corrected chi connectivity index (χ2v) is 7.54. The van der Waals surface area contributed by atoms with Gasteiger partial charge in [0.1, 0.15) is 0 Å². The third-order valence-corrected chi connectivity index (χ3v) is 6.07. The molecule has 2 aromatic rings. The second kappa shape index (κ2) is 7.76. The van der Waals surface area contributed by atoms with Gasteiger partial charge in [-0.25, -0.2) is 9.97 Å². The fraction of sp³-hybridized carbons (Fsp3) is 0.600. The van der Waals surface area contributed by atoms with E-state index in [2.05, 4.69) is 47.9 Å². The van der Waals surface area contributed by atoms with Crippen molar-refractivity contribution in [3.05, 3.63) is 24.3 Å². The Bertz CT molecular complexity index is 670. The van der Waals surface area contributed by atoms with E-state index in [1.54, 1.807) is 9.80 Å². The number of anilines is 2. The molecule has 6 nitrogen and oxygen atoms in total. The highest BCUT2D eigenvalue weighted by molar-refractivity contribution is 5.81. The zero-order valence-electron chi connectivity index (χ0n) is 16.2. The number of piperazine rings is 2. The van der Waals surface area contributed by atoms with E-state index >= 15 is 0 Å². The maximum absolute atomic E-state index is 5.07. The molecular weight excluding hydrogens is 324 g/mol. The van der Waals surface area contributed by atoms with Gasteiger partial charge in [0.2, 0.25) is 0 Å². The standard InChI is InChI=1S/C20H30N6/c1-3-23-9-13-25(14-10-23)19-20(26-15-11-24(4-2)12-16-26)22-18-8-6-5-7-17(18)21-19/h5-8H,3-4,9-16H2,1-2H3/p+2. The monoisotopic (exact) mass is 356 g/mol. The molecule has 2 aliphatic rings. The number of nitrogens with one attached hydrogen (secondary N) is 2. The van der Waals surface area contributed by atoms with E-state index in [1.807, 2.05) is 0 Å². The number of nitrogens with zero attached hydrogens (tertiary/aromatic N) is 4. The minimum absolute atomic E-state index is 1.01. The van der Waals surface area contributed by atoms with Gasteiger partial charge in [0, 0.05) is 0 Å². The molecule has 0 radical (unpaired) electrons. The Labute approximate surface area is 156 Å². The Morgan fingerprint density at radius 3 is 1.46 bits per heavy atom. The third kappa shape index (κ3) is 3.48. The lowest BCUT2D eigenvalue weighted by Gasteiger charge is -2.37. The van der Waals surface area contributed by atoms with Crippen molar-refractivity contribution >= 4 is 22.7 Å². The Hall–Kier alpha value is -1.92. The van der Waals surface area contributed by atoms with Crippen LogP contribution in [0.15, 0.2) is 24.3 Å². The predicted molar refractivity (Wildman–Crippen MR) is 106 cm³/mol. The number of benzene rings is 1. The van der Waals surface area contributed by atoms with Crippen molar-refractivity contribution < 1.29 is 9.80 Å². The van der Waals surface area contributed by atoms with Crippen molar-refractivity contribution in [2.24, 2.45) is 0 Å². The van der Waals surface area contributed by atoms with Gasteiger partial charge in [-0.15, -0.1) is 0 Å². The number of hydrogen-bond acceptors (Lipinski definition) is 4. The molecule has 1 aromatic heterocycles. The van der Waals surface area contributed by atoms with Gasteiger partial charge < -0.3 is 19.6 Å². The van der Waals surface area contributed by atoms with Crippen LogP contribution in [0.2, 0.25) is 0 Å². The minimum Gasteiger partial charge on any atom is -0.342 e. The lowest BCUT2D eigenvalue weighted by atomic mass is 10.2. The third-order valence-electron chi connectivity index (χ3n) is 6.07. The molecule has 4 rings (SSSR count). The molecule has 6 heteroatoms. The lowest BCUT2D eigenvalue weighted by molar-refractivity contribution is -0.898. The molecular formula is C20H32N6+2. The normalized spacial score (nSPS) is 20.1. The number of quaternary nitrogens is 2. The van der Waals surface area contributed by atoms with E-state index in [9.17, 15) is 0 Å². The van der Waals surface area contributed by atoms with Crippen LogP contribution in [0.3, 0.4) is 0 Å². The van der Waals surface area contributed by atoms with Crippen LogP contribution in [0.25, 0.3) is 11.0 Å². The second-order valence-electron chi connectivity index (χ2n) is 7.54. The van der Waals surface area contributed by atoms with Crippen LogP contribution in [0.5, 0.6) is 0 Å². The number of aromatic nitrogens is 2. The highest BCUT2D eigenvalue weighted by atomic mass is 15.3. The van der Waals surface area contributed by atoms with Crippen molar-refractivity contribution in [3.8, 4) is 0 Å². The Balaban J connectivity index is 1.66. The number of fused-ring (bicyclic) bond motifs is 1. The summed E-state index contributed by atoms with van der Waals surface area (Å²) in [7, 11) is 0. The van der Waals surface area contributed by atoms with Crippen LogP contribution in [0.4, 0.5) is 11.6 Å². The summed E-state index contributed by atoms with van der Waals surface area (Å²) in [6, 6.07) is 8.29. The van der Waals surface area contributed by atoms with Gasteiger partial charge in [-0.2, -0.15) is 0 Å². The summed E-state index contributed by atoms with van der Waals surface area (Å²) in [5, 5.41) is 0. The summed E-state index contributed by atoms with van der Waals surface area (Å²) in [6.45, 7) is 16.0. The fourth-order valence-electron chi connectivity index (χ4n) is 4.18. The average molecular weight is 357 g/mol. The molecule has 0 unspecified atom stereocenters. The molecule has 0 aliphatic carbocycles. The molecule has 0 amide bonds. The molecule has 3 heterocycles. The predicted octanol–water partition coefficient (Wildman–Crippen LogP) is -0.921. The molecule has 0 saturated carbocycles. The first-order chi connectivity index (χ1) is 12.8. The van der Waals surface area contributed by atoms with Gasteiger partial charge in [0.15, 0.2) is 11.6 Å².